The Kier molecular flexibility index (Phi) is 10.9. The summed E-state index contributed by atoms with van der Waals surface area (Å²) >= 11 is 0. The smallest absolute Gasteiger partial charge is 0.00262 e. The van der Waals surface area contributed by atoms with Gasteiger partial charge in [0.05, 0.1) is 0 Å². The Hall–Kier alpha value is -7.02. The third kappa shape index (κ3) is 8.34. The van der Waals surface area contributed by atoms with E-state index in [9.17, 15) is 0 Å². The first-order valence-electron chi connectivity index (χ1n) is 21.9. The van der Waals surface area contributed by atoms with Crippen LogP contribution in [-0.4, -0.2) is 0 Å². The summed E-state index contributed by atoms with van der Waals surface area (Å²) in [5.74, 6) is 0. The van der Waals surface area contributed by atoms with Crippen LogP contribution in [0.2, 0.25) is 0 Å². The van der Waals surface area contributed by atoms with Gasteiger partial charge in [0.1, 0.15) is 0 Å². The molecule has 0 radical (unpaired) electrons. The molecule has 0 heteroatoms. The van der Waals surface area contributed by atoms with Crippen molar-refractivity contribution in [3.05, 3.63) is 251 Å². The van der Waals surface area contributed by atoms with Crippen molar-refractivity contribution in [3.8, 4) is 22.3 Å². The monoisotopic (exact) mass is 798 g/mol. The highest BCUT2D eigenvalue weighted by molar-refractivity contribution is 6.21. The Bertz CT molecular complexity index is 2890. The van der Waals surface area contributed by atoms with Crippen molar-refractivity contribution in [1.29, 1.82) is 0 Å². The van der Waals surface area contributed by atoms with Gasteiger partial charge in [0.25, 0.3) is 0 Å². The molecule has 62 heavy (non-hydrogen) atoms. The number of benzene rings is 9. The van der Waals surface area contributed by atoms with E-state index in [1.54, 1.807) is 0 Å². The molecule has 0 saturated carbocycles. The molecular weight excluding hydrogens is 745 g/mol. The highest BCUT2D eigenvalue weighted by Crippen LogP contribution is 2.46. The van der Waals surface area contributed by atoms with Crippen molar-refractivity contribution >= 4 is 44.8 Å². The molecule has 0 aliphatic heterocycles. The average Bonchev–Trinajstić information content (AvgIpc) is 3.30. The Labute approximate surface area is 368 Å². The van der Waals surface area contributed by atoms with E-state index in [4.69, 9.17) is 0 Å². The van der Waals surface area contributed by atoms with Gasteiger partial charge in [0.2, 0.25) is 0 Å². The number of rotatable bonds is 8. The molecular formula is C62H54. The van der Waals surface area contributed by atoms with Crippen molar-refractivity contribution in [2.45, 2.75) is 52.4 Å². The highest BCUT2D eigenvalue weighted by atomic mass is 14.3. The van der Waals surface area contributed by atoms with E-state index in [1.165, 1.54) is 99.5 Å². The summed E-state index contributed by atoms with van der Waals surface area (Å²) in [6, 6.07) is 75.7. The molecule has 0 unspecified atom stereocenters. The molecule has 0 aliphatic rings. The van der Waals surface area contributed by atoms with Crippen LogP contribution in [0.1, 0.15) is 86.1 Å². The van der Waals surface area contributed by atoms with Gasteiger partial charge < -0.3 is 0 Å². The Morgan fingerprint density at radius 3 is 0.887 bits per heavy atom. The molecule has 302 valence electrons. The number of hydrogen-bond acceptors (Lipinski definition) is 0. The zero-order valence-corrected chi connectivity index (χ0v) is 36.8. The fourth-order valence-corrected chi connectivity index (χ4v) is 8.75. The van der Waals surface area contributed by atoms with Crippen molar-refractivity contribution in [3.63, 3.8) is 0 Å². The van der Waals surface area contributed by atoms with E-state index in [-0.39, 0.29) is 10.8 Å². The molecule has 0 spiro atoms. The summed E-state index contributed by atoms with van der Waals surface area (Å²) in [5.41, 5.74) is 17.2. The molecule has 0 atom stereocenters. The normalized spacial score (nSPS) is 11.7. The van der Waals surface area contributed by atoms with E-state index < -0.39 is 0 Å². The van der Waals surface area contributed by atoms with Crippen molar-refractivity contribution in [2.24, 2.45) is 0 Å². The summed E-state index contributed by atoms with van der Waals surface area (Å²) in [7, 11) is 0. The van der Waals surface area contributed by atoms with Gasteiger partial charge in [0.15, 0.2) is 0 Å². The van der Waals surface area contributed by atoms with Crippen molar-refractivity contribution in [1.82, 2.24) is 0 Å². The van der Waals surface area contributed by atoms with Crippen LogP contribution in [0.4, 0.5) is 0 Å². The average molecular weight is 799 g/mol. The minimum atomic E-state index is -0.0169. The zero-order chi connectivity index (χ0) is 42.8. The molecule has 9 aromatic carbocycles. The van der Waals surface area contributed by atoms with Gasteiger partial charge >= 0.3 is 0 Å². The fourth-order valence-electron chi connectivity index (χ4n) is 8.75. The first-order chi connectivity index (χ1) is 30.0. The van der Waals surface area contributed by atoms with Gasteiger partial charge in [-0.25, -0.2) is 0 Å². The van der Waals surface area contributed by atoms with Crippen LogP contribution >= 0.6 is 0 Å². The second-order valence-electron chi connectivity index (χ2n) is 18.6. The Balaban J connectivity index is 1.24. The third-order valence-electron chi connectivity index (χ3n) is 12.2. The van der Waals surface area contributed by atoms with Crippen LogP contribution in [0.5, 0.6) is 0 Å². The highest BCUT2D eigenvalue weighted by Gasteiger charge is 2.23. The second kappa shape index (κ2) is 16.8. The molecule has 9 rings (SSSR count). The van der Waals surface area contributed by atoms with Gasteiger partial charge in [-0.05, 0) is 135 Å². The van der Waals surface area contributed by atoms with E-state index in [1.807, 2.05) is 0 Å². The Morgan fingerprint density at radius 2 is 0.597 bits per heavy atom. The van der Waals surface area contributed by atoms with Crippen LogP contribution < -0.4 is 0 Å². The van der Waals surface area contributed by atoms with E-state index >= 15 is 0 Å². The number of fused-ring (bicyclic) bond motifs is 2. The van der Waals surface area contributed by atoms with Crippen LogP contribution in [0.15, 0.2) is 206 Å². The van der Waals surface area contributed by atoms with Crippen molar-refractivity contribution < 1.29 is 0 Å². The van der Waals surface area contributed by atoms with E-state index in [0.717, 1.165) is 0 Å². The third-order valence-corrected chi connectivity index (χ3v) is 12.2. The standard InChI is InChI=1S/C62H54/c1-61(2,3)51-35-37-53-57(41-51)60(50-33-29-44(30-34-50)40-56(47-23-15-9-16-24-47)48-25-17-10-18-26-48)58-42-52(62(4,5)6)36-38-54(58)59(53)49-31-27-43(28-32-49)39-55(45-19-11-7-12-20-45)46-21-13-8-14-22-46/h7-42H,1-6H3. The quantitative estimate of drug-likeness (QED) is 0.106. The van der Waals surface area contributed by atoms with Gasteiger partial charge in [-0.3, -0.25) is 0 Å². The molecule has 0 amide bonds. The van der Waals surface area contributed by atoms with Crippen LogP contribution in [0.3, 0.4) is 0 Å². The SMILES string of the molecule is CC(C)(C)c1ccc2c(-c3ccc(C=C(c4ccccc4)c4ccccc4)cc3)c3ccc(C(C)(C)C)cc3c(-c3ccc(C=C(c4ccccc4)c4ccccc4)cc3)c2c1. The van der Waals surface area contributed by atoms with Crippen LogP contribution in [-0.2, 0) is 10.8 Å². The number of hydrogen-bond donors (Lipinski definition) is 0. The molecule has 0 aromatic heterocycles. The summed E-state index contributed by atoms with van der Waals surface area (Å²) in [4.78, 5) is 0. The minimum Gasteiger partial charge on any atom is -0.0622 e. The molecule has 0 bridgehead atoms. The maximum absolute atomic E-state index is 2.47. The summed E-state index contributed by atoms with van der Waals surface area (Å²) in [6.45, 7) is 13.9. The van der Waals surface area contributed by atoms with Crippen LogP contribution in [0.25, 0.3) is 67.1 Å². The molecule has 0 saturated heterocycles. The topological polar surface area (TPSA) is 0 Å². The van der Waals surface area contributed by atoms with E-state index in [2.05, 4.69) is 260 Å². The van der Waals surface area contributed by atoms with Gasteiger partial charge in [-0.2, -0.15) is 0 Å². The zero-order valence-electron chi connectivity index (χ0n) is 36.8. The lowest BCUT2D eigenvalue weighted by Crippen LogP contribution is -2.11. The predicted octanol–water partition coefficient (Wildman–Crippen LogP) is 17.1. The molecule has 0 fully saturated rings. The lowest BCUT2D eigenvalue weighted by Gasteiger charge is -2.25. The lowest BCUT2D eigenvalue weighted by atomic mass is 9.79. The van der Waals surface area contributed by atoms with Gasteiger partial charge in [-0.15, -0.1) is 0 Å². The van der Waals surface area contributed by atoms with Crippen molar-refractivity contribution in [2.75, 3.05) is 0 Å². The largest absolute Gasteiger partial charge is 0.0622 e. The first kappa shape index (κ1) is 40.4. The molecule has 0 heterocycles. The summed E-state index contributed by atoms with van der Waals surface area (Å²) in [6.07, 6.45) is 4.64. The fraction of sp³-hybridized carbons (Fsp3) is 0.129. The van der Waals surface area contributed by atoms with Crippen LogP contribution in [0, 0.1) is 0 Å². The first-order valence-corrected chi connectivity index (χ1v) is 21.9. The Morgan fingerprint density at radius 1 is 0.306 bits per heavy atom. The molecule has 9 aromatic rings. The maximum atomic E-state index is 2.47. The molecule has 0 aliphatic carbocycles. The molecule has 0 N–H and O–H groups in total. The summed E-state index contributed by atoms with van der Waals surface area (Å²) in [5, 5.41) is 5.09. The van der Waals surface area contributed by atoms with Gasteiger partial charge in [0, 0.05) is 0 Å². The minimum absolute atomic E-state index is 0.0169. The van der Waals surface area contributed by atoms with Gasteiger partial charge in [-0.1, -0.05) is 236 Å². The predicted molar refractivity (Wildman–Crippen MR) is 269 cm³/mol. The lowest BCUT2D eigenvalue weighted by molar-refractivity contribution is 0.591. The second-order valence-corrected chi connectivity index (χ2v) is 18.6. The molecule has 0 nitrogen and oxygen atoms in total. The maximum Gasteiger partial charge on any atom is -0.00262 e. The summed E-state index contributed by atoms with van der Waals surface area (Å²) < 4.78 is 0. The van der Waals surface area contributed by atoms with E-state index in [0.29, 0.717) is 0 Å².